The summed E-state index contributed by atoms with van der Waals surface area (Å²) in [6, 6.07) is 3.23. The van der Waals surface area contributed by atoms with Crippen molar-refractivity contribution in [1.82, 2.24) is 0 Å². The predicted molar refractivity (Wildman–Crippen MR) is 72.4 cm³/mol. The standard InChI is InChI=1S/C10H11BrN2O3S/c1-15-5-3-6(9(14)16-2)8(7(11)4-5)13-10(12)17/h3-4H,1-2H3,(H3,12,13,17). The summed E-state index contributed by atoms with van der Waals surface area (Å²) in [7, 11) is 2.80. The number of benzene rings is 1. The fourth-order valence-corrected chi connectivity index (χ4v) is 1.86. The predicted octanol–water partition coefficient (Wildman–Crippen LogP) is 1.90. The van der Waals surface area contributed by atoms with Gasteiger partial charge in [-0.2, -0.15) is 0 Å². The van der Waals surface area contributed by atoms with E-state index < -0.39 is 5.97 Å². The van der Waals surface area contributed by atoms with E-state index in [0.29, 0.717) is 15.9 Å². The lowest BCUT2D eigenvalue weighted by atomic mass is 10.1. The number of nitrogens with one attached hydrogen (secondary N) is 1. The summed E-state index contributed by atoms with van der Waals surface area (Å²) in [6.45, 7) is 0. The number of methoxy groups -OCH3 is 2. The number of carbonyl (C=O) groups excluding carboxylic acids is 1. The minimum atomic E-state index is -0.511. The van der Waals surface area contributed by atoms with Crippen LogP contribution in [0.5, 0.6) is 5.75 Å². The maximum Gasteiger partial charge on any atom is 0.340 e. The molecule has 0 heterocycles. The third-order valence-electron chi connectivity index (χ3n) is 1.95. The number of hydrogen-bond donors (Lipinski definition) is 2. The van der Waals surface area contributed by atoms with Crippen LogP contribution in [0.1, 0.15) is 10.4 Å². The van der Waals surface area contributed by atoms with Crippen LogP contribution in [0.4, 0.5) is 5.69 Å². The topological polar surface area (TPSA) is 73.6 Å². The number of carbonyl (C=O) groups is 1. The molecule has 0 aliphatic carbocycles. The second-order valence-electron chi connectivity index (χ2n) is 3.01. The SMILES string of the molecule is COC(=O)c1cc(OC)cc(Br)c1NC(N)=S. The average Bonchev–Trinajstić information content (AvgIpc) is 2.29. The van der Waals surface area contributed by atoms with Crippen molar-refractivity contribution in [2.45, 2.75) is 0 Å². The fraction of sp³-hybridized carbons (Fsp3) is 0.200. The largest absolute Gasteiger partial charge is 0.497 e. The lowest BCUT2D eigenvalue weighted by molar-refractivity contribution is 0.0601. The second kappa shape index (κ2) is 5.83. The van der Waals surface area contributed by atoms with Gasteiger partial charge in [-0.05, 0) is 40.3 Å². The Morgan fingerprint density at radius 2 is 2.12 bits per heavy atom. The third-order valence-corrected chi connectivity index (χ3v) is 2.68. The summed E-state index contributed by atoms with van der Waals surface area (Å²) >= 11 is 8.04. The van der Waals surface area contributed by atoms with Gasteiger partial charge in [0.2, 0.25) is 0 Å². The van der Waals surface area contributed by atoms with Crippen LogP contribution >= 0.6 is 28.1 Å². The van der Waals surface area contributed by atoms with E-state index >= 15 is 0 Å². The normalized spacial score (nSPS) is 9.59. The summed E-state index contributed by atoms with van der Waals surface area (Å²) in [6.07, 6.45) is 0. The minimum Gasteiger partial charge on any atom is -0.497 e. The second-order valence-corrected chi connectivity index (χ2v) is 4.31. The first-order valence-corrected chi connectivity index (χ1v) is 5.72. The van der Waals surface area contributed by atoms with E-state index in [-0.39, 0.29) is 10.7 Å². The van der Waals surface area contributed by atoms with Gasteiger partial charge in [0.15, 0.2) is 5.11 Å². The highest BCUT2D eigenvalue weighted by Crippen LogP contribution is 2.32. The van der Waals surface area contributed by atoms with Crippen molar-refractivity contribution in [3.8, 4) is 5.75 Å². The first-order chi connectivity index (χ1) is 7.99. The van der Waals surface area contributed by atoms with Gasteiger partial charge >= 0.3 is 5.97 Å². The van der Waals surface area contributed by atoms with Crippen molar-refractivity contribution in [3.63, 3.8) is 0 Å². The molecule has 0 bridgehead atoms. The molecule has 1 rings (SSSR count). The molecular weight excluding hydrogens is 308 g/mol. The van der Waals surface area contributed by atoms with Gasteiger partial charge in [-0.3, -0.25) is 0 Å². The summed E-state index contributed by atoms with van der Waals surface area (Å²) in [5.41, 5.74) is 6.12. The molecule has 7 heteroatoms. The van der Waals surface area contributed by atoms with E-state index in [1.54, 1.807) is 6.07 Å². The molecule has 0 saturated heterocycles. The van der Waals surface area contributed by atoms with Gasteiger partial charge in [0.25, 0.3) is 0 Å². The van der Waals surface area contributed by atoms with Crippen LogP contribution in [0.25, 0.3) is 0 Å². The monoisotopic (exact) mass is 318 g/mol. The van der Waals surface area contributed by atoms with Crippen LogP contribution in [0.3, 0.4) is 0 Å². The van der Waals surface area contributed by atoms with E-state index in [9.17, 15) is 4.79 Å². The Kier molecular flexibility index (Phi) is 4.71. The van der Waals surface area contributed by atoms with Gasteiger partial charge in [-0.25, -0.2) is 4.79 Å². The van der Waals surface area contributed by atoms with Crippen molar-refractivity contribution in [3.05, 3.63) is 22.2 Å². The molecule has 0 amide bonds. The van der Waals surface area contributed by atoms with E-state index in [4.69, 9.17) is 22.7 Å². The third kappa shape index (κ3) is 3.31. The number of halogens is 1. The van der Waals surface area contributed by atoms with Crippen LogP contribution < -0.4 is 15.8 Å². The van der Waals surface area contributed by atoms with Crippen molar-refractivity contribution in [2.75, 3.05) is 19.5 Å². The van der Waals surface area contributed by atoms with Crippen LogP contribution in [-0.4, -0.2) is 25.3 Å². The summed E-state index contributed by atoms with van der Waals surface area (Å²) in [5.74, 6) is 0.00844. The Morgan fingerprint density at radius 3 is 2.59 bits per heavy atom. The quantitative estimate of drug-likeness (QED) is 0.655. The number of ether oxygens (including phenoxy) is 2. The number of rotatable bonds is 3. The lowest BCUT2D eigenvalue weighted by Crippen LogP contribution is -2.21. The minimum absolute atomic E-state index is 0.0565. The molecule has 5 nitrogen and oxygen atoms in total. The molecule has 0 aliphatic rings. The van der Waals surface area contributed by atoms with Crippen LogP contribution in [0.2, 0.25) is 0 Å². The van der Waals surface area contributed by atoms with Crippen molar-refractivity contribution >= 4 is 44.9 Å². The van der Waals surface area contributed by atoms with Crippen molar-refractivity contribution in [2.24, 2.45) is 5.73 Å². The number of nitrogens with two attached hydrogens (primary N) is 1. The van der Waals surface area contributed by atoms with Crippen molar-refractivity contribution < 1.29 is 14.3 Å². The molecule has 0 saturated carbocycles. The van der Waals surface area contributed by atoms with E-state index in [1.807, 2.05) is 0 Å². The van der Waals surface area contributed by atoms with Crippen LogP contribution in [-0.2, 0) is 4.74 Å². The van der Waals surface area contributed by atoms with Gasteiger partial charge in [0.1, 0.15) is 5.75 Å². The highest BCUT2D eigenvalue weighted by atomic mass is 79.9. The van der Waals surface area contributed by atoms with Crippen LogP contribution in [0.15, 0.2) is 16.6 Å². The molecule has 0 aliphatic heterocycles. The van der Waals surface area contributed by atoms with Gasteiger partial charge in [0, 0.05) is 4.47 Å². The number of hydrogen-bond acceptors (Lipinski definition) is 4. The Hall–Kier alpha value is -1.34. The van der Waals surface area contributed by atoms with Crippen LogP contribution in [0, 0.1) is 0 Å². The molecule has 1 aromatic rings. The Balaban J connectivity index is 3.33. The van der Waals surface area contributed by atoms with Gasteiger partial charge in [-0.1, -0.05) is 0 Å². The molecule has 0 unspecified atom stereocenters. The summed E-state index contributed by atoms with van der Waals surface area (Å²) in [5, 5.41) is 2.77. The number of anilines is 1. The van der Waals surface area contributed by atoms with Gasteiger partial charge in [-0.15, -0.1) is 0 Å². The molecule has 92 valence electrons. The van der Waals surface area contributed by atoms with Gasteiger partial charge < -0.3 is 20.5 Å². The van der Waals surface area contributed by atoms with Gasteiger partial charge in [0.05, 0.1) is 25.5 Å². The first-order valence-electron chi connectivity index (χ1n) is 4.52. The van der Waals surface area contributed by atoms with E-state index in [2.05, 4.69) is 26.0 Å². The molecule has 0 spiro atoms. The maximum absolute atomic E-state index is 11.6. The number of thiocarbonyl (C=S) groups is 1. The smallest absolute Gasteiger partial charge is 0.340 e. The Labute approximate surface area is 112 Å². The zero-order valence-electron chi connectivity index (χ0n) is 9.24. The zero-order valence-corrected chi connectivity index (χ0v) is 11.6. The van der Waals surface area contributed by atoms with E-state index in [1.165, 1.54) is 20.3 Å². The summed E-state index contributed by atoms with van der Waals surface area (Å²) < 4.78 is 10.3. The molecule has 3 N–H and O–H groups in total. The fourth-order valence-electron chi connectivity index (χ4n) is 1.22. The molecule has 1 aromatic carbocycles. The number of esters is 1. The highest BCUT2D eigenvalue weighted by Gasteiger charge is 2.17. The molecule has 0 radical (unpaired) electrons. The molecule has 17 heavy (non-hydrogen) atoms. The lowest BCUT2D eigenvalue weighted by Gasteiger charge is -2.13. The maximum atomic E-state index is 11.6. The molecular formula is C10H11BrN2O3S. The zero-order chi connectivity index (χ0) is 13.0. The highest BCUT2D eigenvalue weighted by molar-refractivity contribution is 9.10. The molecule has 0 fully saturated rings. The molecule has 0 aromatic heterocycles. The molecule has 0 atom stereocenters. The Morgan fingerprint density at radius 1 is 1.47 bits per heavy atom. The summed E-state index contributed by atoms with van der Waals surface area (Å²) in [4.78, 5) is 11.6. The van der Waals surface area contributed by atoms with E-state index in [0.717, 1.165) is 0 Å². The first kappa shape index (κ1) is 13.7. The Bertz CT molecular complexity index is 465. The average molecular weight is 319 g/mol. The van der Waals surface area contributed by atoms with Crippen molar-refractivity contribution in [1.29, 1.82) is 0 Å².